The normalized spacial score (nSPS) is 14.3. The van der Waals surface area contributed by atoms with Crippen LogP contribution in [0.15, 0.2) is 24.3 Å². The summed E-state index contributed by atoms with van der Waals surface area (Å²) in [6, 6.07) is 0. The Balaban J connectivity index is 5.28. The van der Waals surface area contributed by atoms with E-state index in [1.54, 1.807) is 0 Å². The van der Waals surface area contributed by atoms with Crippen LogP contribution in [-0.4, -0.2) is 96.7 Å². The minimum atomic E-state index is -4.96. The second-order valence-electron chi connectivity index (χ2n) is 25.9. The fraction of sp³-hybridized carbons (Fsp3) is 0.887. The zero-order chi connectivity index (χ0) is 66.5. The average molecular weight is 1320 g/mol. The monoisotopic (exact) mass is 1320 g/mol. The highest BCUT2D eigenvalue weighted by Crippen LogP contribution is 2.45. The molecular weight excluding hydrogens is 1190 g/mol. The number of hydrogen-bond donors (Lipinski definition) is 3. The Morgan fingerprint density at radius 3 is 0.911 bits per heavy atom. The maximum absolute atomic E-state index is 13.0. The minimum Gasteiger partial charge on any atom is -0.462 e. The summed E-state index contributed by atoms with van der Waals surface area (Å²) < 4.78 is 68.2. The van der Waals surface area contributed by atoms with Crippen molar-refractivity contribution >= 4 is 39.5 Å². The lowest BCUT2D eigenvalue weighted by molar-refractivity contribution is -0.161. The van der Waals surface area contributed by atoms with Crippen molar-refractivity contribution < 1.29 is 80.2 Å². The van der Waals surface area contributed by atoms with E-state index in [4.69, 9.17) is 37.0 Å². The van der Waals surface area contributed by atoms with Gasteiger partial charge in [0, 0.05) is 25.7 Å². The topological polar surface area (TPSA) is 237 Å². The van der Waals surface area contributed by atoms with Crippen LogP contribution in [0.1, 0.15) is 337 Å². The van der Waals surface area contributed by atoms with Crippen LogP contribution >= 0.6 is 15.6 Å². The number of ether oxygens (including phenoxy) is 4. The standard InChI is InChI=1S/C71H134O17P2/c1-7-9-11-13-15-17-18-19-20-21-24-31-37-43-49-55-70(75)87-67(60-82-69(74)54-48-42-36-30-25-22-23-28-33-39-45-51-63(3)4)62-86-90(79,80)84-58-65(72)57-83-89(77,78)85-61-66(59-81-68(73)53-47-41-35-27-16-14-12-10-8-2)88-71(76)56-50-44-38-32-26-29-34-40-46-52-64(5)6/h17-20,63-67,72H,7-16,21-62H2,1-6H3,(H,77,78)(H,79,80)/b18-17-,20-19-/t65-,66+,67+/m0/s1. The molecule has 0 aromatic heterocycles. The Kier molecular flexibility index (Phi) is 60.9. The van der Waals surface area contributed by atoms with E-state index in [0.29, 0.717) is 25.7 Å². The highest BCUT2D eigenvalue weighted by Gasteiger charge is 2.30. The number of hydrogen-bond acceptors (Lipinski definition) is 15. The predicted molar refractivity (Wildman–Crippen MR) is 363 cm³/mol. The number of phosphoric ester groups is 2. The molecule has 0 aliphatic heterocycles. The van der Waals surface area contributed by atoms with Crippen molar-refractivity contribution in [1.82, 2.24) is 0 Å². The molecule has 0 spiro atoms. The van der Waals surface area contributed by atoms with E-state index in [1.165, 1.54) is 141 Å². The van der Waals surface area contributed by atoms with E-state index in [9.17, 15) is 43.2 Å². The van der Waals surface area contributed by atoms with Crippen LogP contribution in [0.5, 0.6) is 0 Å². The molecule has 0 heterocycles. The van der Waals surface area contributed by atoms with Crippen LogP contribution in [0.4, 0.5) is 0 Å². The van der Waals surface area contributed by atoms with Crippen LogP contribution in [0.25, 0.3) is 0 Å². The molecule has 19 heteroatoms. The van der Waals surface area contributed by atoms with Gasteiger partial charge in [-0.25, -0.2) is 9.13 Å². The summed E-state index contributed by atoms with van der Waals surface area (Å²) in [4.78, 5) is 72.5. The number of carbonyl (C=O) groups is 4. The van der Waals surface area contributed by atoms with Gasteiger partial charge >= 0.3 is 39.5 Å². The molecule has 0 bridgehead atoms. The number of unbranched alkanes of at least 4 members (excludes halogenated alkanes) is 35. The summed E-state index contributed by atoms with van der Waals surface area (Å²) in [5, 5.41) is 10.6. The number of rotatable bonds is 68. The van der Waals surface area contributed by atoms with E-state index in [1.807, 2.05) is 0 Å². The molecule has 0 aliphatic rings. The summed E-state index contributed by atoms with van der Waals surface area (Å²) >= 11 is 0. The van der Waals surface area contributed by atoms with Crippen LogP contribution in [-0.2, 0) is 65.4 Å². The van der Waals surface area contributed by atoms with Gasteiger partial charge in [0.25, 0.3) is 0 Å². The molecule has 530 valence electrons. The van der Waals surface area contributed by atoms with Crippen molar-refractivity contribution in [2.75, 3.05) is 39.6 Å². The second kappa shape index (κ2) is 62.6. The third-order valence-electron chi connectivity index (χ3n) is 15.8. The smallest absolute Gasteiger partial charge is 0.462 e. The van der Waals surface area contributed by atoms with Crippen LogP contribution in [0.2, 0.25) is 0 Å². The lowest BCUT2D eigenvalue weighted by atomic mass is 10.0. The quantitative estimate of drug-likeness (QED) is 0.0169. The fourth-order valence-corrected chi connectivity index (χ4v) is 11.8. The van der Waals surface area contributed by atoms with Crippen molar-refractivity contribution in [2.45, 2.75) is 355 Å². The van der Waals surface area contributed by atoms with E-state index < -0.39 is 97.5 Å². The number of aliphatic hydroxyl groups excluding tert-OH is 1. The molecule has 0 saturated heterocycles. The summed E-state index contributed by atoms with van der Waals surface area (Å²) in [5.41, 5.74) is 0. The zero-order valence-corrected chi connectivity index (χ0v) is 59.7. The van der Waals surface area contributed by atoms with Gasteiger partial charge in [0.15, 0.2) is 12.2 Å². The summed E-state index contributed by atoms with van der Waals surface area (Å²) in [6.45, 7) is 9.45. The van der Waals surface area contributed by atoms with Crippen molar-refractivity contribution in [3.63, 3.8) is 0 Å². The highest BCUT2D eigenvalue weighted by atomic mass is 31.2. The van der Waals surface area contributed by atoms with Gasteiger partial charge in [-0.15, -0.1) is 0 Å². The Labute approximate surface area is 548 Å². The third-order valence-corrected chi connectivity index (χ3v) is 17.7. The molecule has 0 aromatic rings. The number of phosphoric acid groups is 2. The molecule has 0 rings (SSSR count). The van der Waals surface area contributed by atoms with E-state index in [2.05, 4.69) is 65.8 Å². The van der Waals surface area contributed by atoms with Crippen LogP contribution in [0.3, 0.4) is 0 Å². The maximum Gasteiger partial charge on any atom is 0.472 e. The van der Waals surface area contributed by atoms with E-state index in [0.717, 1.165) is 115 Å². The molecule has 3 N–H and O–H groups in total. The average Bonchev–Trinajstić information content (AvgIpc) is 3.68. The van der Waals surface area contributed by atoms with Crippen molar-refractivity contribution in [3.8, 4) is 0 Å². The lowest BCUT2D eigenvalue weighted by Gasteiger charge is -2.21. The van der Waals surface area contributed by atoms with Crippen LogP contribution < -0.4 is 0 Å². The zero-order valence-electron chi connectivity index (χ0n) is 57.9. The summed E-state index contributed by atoms with van der Waals surface area (Å²) in [7, 11) is -9.91. The molecule has 0 saturated carbocycles. The highest BCUT2D eigenvalue weighted by molar-refractivity contribution is 7.47. The number of esters is 4. The Morgan fingerprint density at radius 1 is 0.344 bits per heavy atom. The summed E-state index contributed by atoms with van der Waals surface area (Å²) in [5.74, 6) is -0.651. The van der Waals surface area contributed by atoms with Crippen molar-refractivity contribution in [1.29, 1.82) is 0 Å². The second-order valence-corrected chi connectivity index (χ2v) is 28.8. The predicted octanol–water partition coefficient (Wildman–Crippen LogP) is 19.9. The van der Waals surface area contributed by atoms with Gasteiger partial charge in [0.1, 0.15) is 19.3 Å². The van der Waals surface area contributed by atoms with Gasteiger partial charge in [-0.05, 0) is 63.2 Å². The van der Waals surface area contributed by atoms with Gasteiger partial charge < -0.3 is 33.8 Å². The molecule has 90 heavy (non-hydrogen) atoms. The lowest BCUT2D eigenvalue weighted by Crippen LogP contribution is -2.30. The van der Waals surface area contributed by atoms with E-state index in [-0.39, 0.29) is 25.7 Å². The molecule has 0 radical (unpaired) electrons. The molecule has 0 fully saturated rings. The fourth-order valence-electron chi connectivity index (χ4n) is 10.2. The molecule has 0 aromatic carbocycles. The summed E-state index contributed by atoms with van der Waals surface area (Å²) in [6.07, 6.45) is 50.7. The number of aliphatic hydroxyl groups is 1. The SMILES string of the molecule is CCCCCC/C=C\C=C/CCCCCCCC(=O)O[C@H](COC(=O)CCCCCCCCCCCCCC(C)C)COP(=O)(O)OC[C@@H](O)COP(=O)(O)OC[C@@H](COC(=O)CCCCCCCCCCC)OC(=O)CCCCCCCCCCCC(C)C. The molecule has 17 nitrogen and oxygen atoms in total. The third kappa shape index (κ3) is 64.3. The molecule has 2 unspecified atom stereocenters. The number of carbonyl (C=O) groups excluding carboxylic acids is 4. The Morgan fingerprint density at radius 2 is 0.600 bits per heavy atom. The van der Waals surface area contributed by atoms with Gasteiger partial charge in [-0.1, -0.05) is 284 Å². The first-order valence-electron chi connectivity index (χ1n) is 36.3. The van der Waals surface area contributed by atoms with Crippen molar-refractivity contribution in [3.05, 3.63) is 24.3 Å². The minimum absolute atomic E-state index is 0.0848. The molecule has 0 amide bonds. The first-order valence-corrected chi connectivity index (χ1v) is 39.3. The van der Waals surface area contributed by atoms with Crippen molar-refractivity contribution in [2.24, 2.45) is 11.8 Å². The van der Waals surface area contributed by atoms with Gasteiger partial charge in [-0.2, -0.15) is 0 Å². The van der Waals surface area contributed by atoms with Gasteiger partial charge in [0.05, 0.1) is 26.4 Å². The maximum atomic E-state index is 13.0. The molecule has 5 atom stereocenters. The molecular formula is C71H134O17P2. The Hall–Kier alpha value is -2.46. The largest absolute Gasteiger partial charge is 0.472 e. The van der Waals surface area contributed by atoms with Crippen LogP contribution in [0, 0.1) is 11.8 Å². The molecule has 0 aliphatic carbocycles. The first kappa shape index (κ1) is 87.5. The van der Waals surface area contributed by atoms with Gasteiger partial charge in [-0.3, -0.25) is 37.3 Å². The number of allylic oxidation sites excluding steroid dienone is 4. The van der Waals surface area contributed by atoms with Gasteiger partial charge in [0.2, 0.25) is 0 Å². The Bertz CT molecular complexity index is 1850. The van der Waals surface area contributed by atoms with E-state index >= 15 is 0 Å². The first-order chi connectivity index (χ1) is 43.4.